The Bertz CT molecular complexity index is 1040. The summed E-state index contributed by atoms with van der Waals surface area (Å²) >= 11 is 0. The average Bonchev–Trinajstić information content (AvgIpc) is 2.84. The highest BCUT2D eigenvalue weighted by atomic mass is 19.1. The van der Waals surface area contributed by atoms with Crippen LogP contribution in [0, 0.1) is 5.82 Å². The molecular weight excluding hydrogens is 423 g/mol. The predicted octanol–water partition coefficient (Wildman–Crippen LogP) is 5.52. The maximum Gasteiger partial charge on any atom is 0.322 e. The van der Waals surface area contributed by atoms with Crippen molar-refractivity contribution in [2.24, 2.45) is 0 Å². The van der Waals surface area contributed by atoms with E-state index in [1.165, 1.54) is 12.1 Å². The van der Waals surface area contributed by atoms with Crippen molar-refractivity contribution in [2.45, 2.75) is 19.9 Å². The highest BCUT2D eigenvalue weighted by molar-refractivity contribution is 5.89. The van der Waals surface area contributed by atoms with Crippen LogP contribution in [0.25, 0.3) is 0 Å². The molecule has 7 heteroatoms. The summed E-state index contributed by atoms with van der Waals surface area (Å²) in [6.45, 7) is 3.29. The SMILES string of the molecule is CCOc1ccc(NC(=O)N(CCc2ccc(OC)c(OC)c2)Cc2ccc(F)cc2)cc1. The van der Waals surface area contributed by atoms with Crippen LogP contribution in [0.2, 0.25) is 0 Å². The van der Waals surface area contributed by atoms with Gasteiger partial charge in [-0.25, -0.2) is 9.18 Å². The number of ether oxygens (including phenoxy) is 3. The molecule has 174 valence electrons. The minimum Gasteiger partial charge on any atom is -0.494 e. The quantitative estimate of drug-likeness (QED) is 0.440. The molecule has 2 amide bonds. The summed E-state index contributed by atoms with van der Waals surface area (Å²) < 4.78 is 29.5. The average molecular weight is 453 g/mol. The van der Waals surface area contributed by atoms with Gasteiger partial charge >= 0.3 is 6.03 Å². The minimum atomic E-state index is -0.311. The van der Waals surface area contributed by atoms with Crippen molar-refractivity contribution in [3.05, 3.63) is 83.7 Å². The summed E-state index contributed by atoms with van der Waals surface area (Å²) in [6, 6.07) is 18.8. The minimum absolute atomic E-state index is 0.246. The number of rotatable bonds is 10. The van der Waals surface area contributed by atoms with Crippen molar-refractivity contribution in [1.29, 1.82) is 0 Å². The fourth-order valence-electron chi connectivity index (χ4n) is 3.37. The third-order valence-corrected chi connectivity index (χ3v) is 5.11. The molecule has 3 aromatic carbocycles. The molecule has 0 fully saturated rings. The molecule has 0 saturated carbocycles. The molecule has 0 radical (unpaired) electrons. The lowest BCUT2D eigenvalue weighted by Gasteiger charge is -2.24. The summed E-state index contributed by atoms with van der Waals surface area (Å²) in [5, 5.41) is 2.93. The largest absolute Gasteiger partial charge is 0.494 e. The van der Waals surface area contributed by atoms with Gasteiger partial charge in [0, 0.05) is 18.8 Å². The van der Waals surface area contributed by atoms with Crippen molar-refractivity contribution in [3.8, 4) is 17.2 Å². The smallest absolute Gasteiger partial charge is 0.322 e. The van der Waals surface area contributed by atoms with Gasteiger partial charge in [-0.3, -0.25) is 0 Å². The molecule has 0 heterocycles. The first kappa shape index (κ1) is 23.9. The zero-order valence-corrected chi connectivity index (χ0v) is 19.1. The van der Waals surface area contributed by atoms with Gasteiger partial charge < -0.3 is 24.4 Å². The van der Waals surface area contributed by atoms with E-state index in [1.807, 2.05) is 37.3 Å². The third-order valence-electron chi connectivity index (χ3n) is 5.11. The number of hydrogen-bond acceptors (Lipinski definition) is 4. The van der Waals surface area contributed by atoms with E-state index in [0.29, 0.717) is 43.3 Å². The van der Waals surface area contributed by atoms with Crippen molar-refractivity contribution in [1.82, 2.24) is 4.90 Å². The van der Waals surface area contributed by atoms with E-state index in [2.05, 4.69) is 5.32 Å². The van der Waals surface area contributed by atoms with Crippen LogP contribution in [0.4, 0.5) is 14.9 Å². The van der Waals surface area contributed by atoms with E-state index in [4.69, 9.17) is 14.2 Å². The maximum atomic E-state index is 13.3. The first-order chi connectivity index (χ1) is 16.0. The molecule has 0 spiro atoms. The van der Waals surface area contributed by atoms with Gasteiger partial charge in [0.15, 0.2) is 11.5 Å². The Balaban J connectivity index is 1.73. The van der Waals surface area contributed by atoms with Crippen molar-refractivity contribution < 1.29 is 23.4 Å². The van der Waals surface area contributed by atoms with Gasteiger partial charge in [0.2, 0.25) is 0 Å². The lowest BCUT2D eigenvalue weighted by Crippen LogP contribution is -2.36. The molecule has 3 aromatic rings. The number of carbonyl (C=O) groups is 1. The molecule has 0 aliphatic carbocycles. The maximum absolute atomic E-state index is 13.3. The topological polar surface area (TPSA) is 60.0 Å². The van der Waals surface area contributed by atoms with Gasteiger partial charge in [-0.15, -0.1) is 0 Å². The van der Waals surface area contributed by atoms with E-state index >= 15 is 0 Å². The molecule has 0 aliphatic heterocycles. The Hall–Kier alpha value is -3.74. The number of urea groups is 1. The Labute approximate surface area is 193 Å². The molecule has 0 aromatic heterocycles. The highest BCUT2D eigenvalue weighted by Crippen LogP contribution is 2.28. The Morgan fingerprint density at radius 3 is 2.21 bits per heavy atom. The number of carbonyl (C=O) groups excluding carboxylic acids is 1. The number of amides is 2. The van der Waals surface area contributed by atoms with E-state index < -0.39 is 0 Å². The molecule has 1 N–H and O–H groups in total. The molecule has 0 unspecified atom stereocenters. The highest BCUT2D eigenvalue weighted by Gasteiger charge is 2.15. The van der Waals surface area contributed by atoms with Crippen LogP contribution in [0.1, 0.15) is 18.1 Å². The molecule has 33 heavy (non-hydrogen) atoms. The van der Waals surface area contributed by atoms with E-state index in [0.717, 1.165) is 16.9 Å². The summed E-state index contributed by atoms with van der Waals surface area (Å²) in [6.07, 6.45) is 0.609. The first-order valence-electron chi connectivity index (χ1n) is 10.8. The van der Waals surface area contributed by atoms with Crippen LogP contribution in [0.3, 0.4) is 0 Å². The number of nitrogens with zero attached hydrogens (tertiary/aromatic N) is 1. The summed E-state index contributed by atoms with van der Waals surface area (Å²) in [5.41, 5.74) is 2.51. The van der Waals surface area contributed by atoms with Crippen LogP contribution >= 0.6 is 0 Å². The number of anilines is 1. The zero-order valence-electron chi connectivity index (χ0n) is 19.1. The van der Waals surface area contributed by atoms with Crippen LogP contribution in [-0.2, 0) is 13.0 Å². The number of hydrogen-bond donors (Lipinski definition) is 1. The lowest BCUT2D eigenvalue weighted by atomic mass is 10.1. The lowest BCUT2D eigenvalue weighted by molar-refractivity contribution is 0.209. The number of halogens is 1. The van der Waals surface area contributed by atoms with E-state index in [1.54, 1.807) is 43.4 Å². The van der Waals surface area contributed by atoms with Gasteiger partial charge in [0.1, 0.15) is 11.6 Å². The second kappa shape index (κ2) is 11.8. The summed E-state index contributed by atoms with van der Waals surface area (Å²) in [7, 11) is 3.18. The van der Waals surface area contributed by atoms with Gasteiger partial charge in [-0.2, -0.15) is 0 Å². The zero-order chi connectivity index (χ0) is 23.6. The van der Waals surface area contributed by atoms with Gasteiger partial charge in [-0.05, 0) is 73.0 Å². The molecule has 0 saturated heterocycles. The Morgan fingerprint density at radius 2 is 1.58 bits per heavy atom. The van der Waals surface area contributed by atoms with Crippen LogP contribution < -0.4 is 19.5 Å². The Morgan fingerprint density at radius 1 is 0.909 bits per heavy atom. The molecule has 3 rings (SSSR count). The van der Waals surface area contributed by atoms with Crippen molar-refractivity contribution in [2.75, 3.05) is 32.7 Å². The van der Waals surface area contributed by atoms with Crippen molar-refractivity contribution >= 4 is 11.7 Å². The van der Waals surface area contributed by atoms with E-state index in [-0.39, 0.29) is 11.8 Å². The van der Waals surface area contributed by atoms with Crippen LogP contribution in [0.5, 0.6) is 17.2 Å². The van der Waals surface area contributed by atoms with Crippen LogP contribution in [-0.4, -0.2) is 38.3 Å². The Kier molecular flexibility index (Phi) is 8.52. The first-order valence-corrected chi connectivity index (χ1v) is 10.8. The predicted molar refractivity (Wildman–Crippen MR) is 127 cm³/mol. The van der Waals surface area contributed by atoms with E-state index in [9.17, 15) is 9.18 Å². The fraction of sp³-hybridized carbons (Fsp3) is 0.269. The monoisotopic (exact) mass is 452 g/mol. The second-order valence-electron chi connectivity index (χ2n) is 7.37. The van der Waals surface area contributed by atoms with Gasteiger partial charge in [-0.1, -0.05) is 18.2 Å². The molecular formula is C26H29FN2O4. The van der Waals surface area contributed by atoms with Gasteiger partial charge in [0.05, 0.1) is 20.8 Å². The fourth-order valence-corrected chi connectivity index (χ4v) is 3.37. The third kappa shape index (κ3) is 6.87. The molecule has 0 bridgehead atoms. The molecule has 6 nitrogen and oxygen atoms in total. The normalized spacial score (nSPS) is 10.4. The molecule has 0 atom stereocenters. The molecule has 0 aliphatic rings. The summed E-state index contributed by atoms with van der Waals surface area (Å²) in [4.78, 5) is 14.8. The standard InChI is InChI=1S/C26H29FN2O4/c1-4-33-23-12-10-22(11-13-23)28-26(30)29(18-20-5-8-21(27)9-6-20)16-15-19-7-14-24(31-2)25(17-19)32-3/h5-14,17H,4,15-16,18H2,1-3H3,(H,28,30). The number of methoxy groups -OCH3 is 2. The number of benzene rings is 3. The van der Waals surface area contributed by atoms with Crippen LogP contribution in [0.15, 0.2) is 66.7 Å². The summed E-state index contributed by atoms with van der Waals surface area (Å²) in [5.74, 6) is 1.72. The number of nitrogens with one attached hydrogen (secondary N) is 1. The van der Waals surface area contributed by atoms with Crippen molar-refractivity contribution in [3.63, 3.8) is 0 Å². The van der Waals surface area contributed by atoms with Gasteiger partial charge in [0.25, 0.3) is 0 Å². The second-order valence-corrected chi connectivity index (χ2v) is 7.37.